The minimum atomic E-state index is 0.781. The van der Waals surface area contributed by atoms with E-state index in [4.69, 9.17) is 0 Å². The molecule has 2 rings (SSSR count). The summed E-state index contributed by atoms with van der Waals surface area (Å²) in [6.45, 7) is 4.52. The van der Waals surface area contributed by atoms with Crippen molar-refractivity contribution in [2.75, 3.05) is 23.7 Å². The van der Waals surface area contributed by atoms with Crippen molar-refractivity contribution in [2.45, 2.75) is 13.5 Å². The Morgan fingerprint density at radius 2 is 2.00 bits per heavy atom. The number of rotatable bonds is 6. The molecule has 90 valence electrons. The van der Waals surface area contributed by atoms with Crippen molar-refractivity contribution < 1.29 is 0 Å². The Balaban J connectivity index is 1.84. The van der Waals surface area contributed by atoms with Crippen LogP contribution < -0.4 is 10.6 Å². The van der Waals surface area contributed by atoms with Crippen LogP contribution in [-0.2, 0) is 6.54 Å². The topological polar surface area (TPSA) is 67.7 Å². The molecule has 0 aliphatic rings. The third-order valence-electron chi connectivity index (χ3n) is 2.23. The molecule has 0 unspecified atom stereocenters. The number of nitrogens with zero attached hydrogens (tertiary/aromatic N) is 4. The summed E-state index contributed by atoms with van der Waals surface area (Å²) in [5, 5.41) is 6.34. The van der Waals surface area contributed by atoms with Crippen molar-refractivity contribution in [2.24, 2.45) is 0 Å². The molecule has 0 bridgehead atoms. The van der Waals surface area contributed by atoms with E-state index in [1.54, 1.807) is 24.9 Å². The lowest BCUT2D eigenvalue weighted by Crippen LogP contribution is -2.11. The van der Waals surface area contributed by atoms with Gasteiger partial charge in [-0.3, -0.25) is 4.98 Å². The van der Waals surface area contributed by atoms with E-state index < -0.39 is 0 Å². The highest BCUT2D eigenvalue weighted by Gasteiger charge is 1.97. The Hall–Kier alpha value is -2.11. The predicted octanol–water partition coefficient (Wildman–Crippen LogP) is 1.22. The van der Waals surface area contributed by atoms with Crippen LogP contribution in [0.5, 0.6) is 0 Å². The van der Waals surface area contributed by atoms with Crippen LogP contribution in [0.25, 0.3) is 0 Å². The average molecular weight is 232 g/mol. The number of aromatic nitrogens is 4. The van der Waals surface area contributed by atoms with Crippen LogP contribution in [0.15, 0.2) is 31.1 Å². The highest BCUT2D eigenvalue weighted by atomic mass is 15.1. The monoisotopic (exact) mass is 232 g/mol. The maximum Gasteiger partial charge on any atom is 0.147 e. The number of hydrogen-bond donors (Lipinski definition) is 2. The lowest BCUT2D eigenvalue weighted by atomic mass is 10.5. The molecular formula is C11H16N6. The molecule has 0 fully saturated rings. The highest BCUT2D eigenvalue weighted by Crippen LogP contribution is 2.05. The molecule has 6 heteroatoms. The summed E-state index contributed by atoms with van der Waals surface area (Å²) in [4.78, 5) is 12.5. The van der Waals surface area contributed by atoms with Crippen LogP contribution >= 0.6 is 0 Å². The smallest absolute Gasteiger partial charge is 0.147 e. The number of imidazole rings is 1. The third kappa shape index (κ3) is 3.44. The highest BCUT2D eigenvalue weighted by molar-refractivity contribution is 5.41. The van der Waals surface area contributed by atoms with Crippen LogP contribution in [0.2, 0.25) is 0 Å². The fourth-order valence-corrected chi connectivity index (χ4v) is 1.45. The molecule has 0 aliphatic heterocycles. The maximum atomic E-state index is 4.37. The fraction of sp³-hybridized carbons (Fsp3) is 0.364. The predicted molar refractivity (Wildman–Crippen MR) is 66.9 cm³/mol. The molecule has 0 aliphatic carbocycles. The van der Waals surface area contributed by atoms with E-state index in [0.717, 1.165) is 31.3 Å². The summed E-state index contributed by atoms with van der Waals surface area (Å²) in [6, 6.07) is 0. The summed E-state index contributed by atoms with van der Waals surface area (Å²) in [7, 11) is 0. The van der Waals surface area contributed by atoms with Gasteiger partial charge in [0, 0.05) is 32.0 Å². The van der Waals surface area contributed by atoms with Gasteiger partial charge in [-0.2, -0.15) is 0 Å². The first kappa shape index (κ1) is 11.4. The molecular weight excluding hydrogens is 216 g/mol. The van der Waals surface area contributed by atoms with Crippen LogP contribution in [0.1, 0.15) is 6.92 Å². The van der Waals surface area contributed by atoms with Crippen molar-refractivity contribution >= 4 is 11.6 Å². The number of anilines is 2. The van der Waals surface area contributed by atoms with Gasteiger partial charge in [0.2, 0.25) is 0 Å². The zero-order chi connectivity index (χ0) is 11.9. The molecule has 17 heavy (non-hydrogen) atoms. The van der Waals surface area contributed by atoms with E-state index in [1.165, 1.54) is 0 Å². The standard InChI is InChI=1S/C11H16N6/c1-2-14-10-7-13-8-11(16-10)15-4-6-17-5-3-12-9-17/h3,5,7-9H,2,4,6H2,1H3,(H2,14,15,16). The Morgan fingerprint density at radius 1 is 1.18 bits per heavy atom. The first-order valence-electron chi connectivity index (χ1n) is 5.64. The van der Waals surface area contributed by atoms with Gasteiger partial charge in [-0.25, -0.2) is 9.97 Å². The number of nitrogens with one attached hydrogen (secondary N) is 2. The Kier molecular flexibility index (Phi) is 3.90. The Morgan fingerprint density at radius 3 is 2.71 bits per heavy atom. The Labute approximate surface area is 100 Å². The van der Waals surface area contributed by atoms with E-state index in [9.17, 15) is 0 Å². The van der Waals surface area contributed by atoms with E-state index in [2.05, 4.69) is 25.6 Å². The number of hydrogen-bond acceptors (Lipinski definition) is 5. The molecule has 0 amide bonds. The average Bonchev–Trinajstić information content (AvgIpc) is 2.83. The lowest BCUT2D eigenvalue weighted by molar-refractivity contribution is 0.725. The lowest BCUT2D eigenvalue weighted by Gasteiger charge is -2.07. The third-order valence-corrected chi connectivity index (χ3v) is 2.23. The normalized spacial score (nSPS) is 10.2. The van der Waals surface area contributed by atoms with Gasteiger partial charge in [-0.15, -0.1) is 0 Å². The van der Waals surface area contributed by atoms with E-state index in [0.29, 0.717) is 0 Å². The minimum Gasteiger partial charge on any atom is -0.369 e. The first-order chi connectivity index (χ1) is 8.38. The molecule has 6 nitrogen and oxygen atoms in total. The second kappa shape index (κ2) is 5.83. The molecule has 2 heterocycles. The molecule has 0 spiro atoms. The molecule has 0 aromatic carbocycles. The van der Waals surface area contributed by atoms with Gasteiger partial charge in [0.15, 0.2) is 0 Å². The zero-order valence-electron chi connectivity index (χ0n) is 9.80. The van der Waals surface area contributed by atoms with Crippen LogP contribution in [-0.4, -0.2) is 32.6 Å². The molecule has 0 atom stereocenters. The summed E-state index contributed by atoms with van der Waals surface area (Å²) >= 11 is 0. The largest absolute Gasteiger partial charge is 0.369 e. The van der Waals surface area contributed by atoms with Gasteiger partial charge >= 0.3 is 0 Å². The van der Waals surface area contributed by atoms with Gasteiger partial charge < -0.3 is 15.2 Å². The van der Waals surface area contributed by atoms with Crippen molar-refractivity contribution in [3.05, 3.63) is 31.1 Å². The van der Waals surface area contributed by atoms with Crippen LogP contribution in [0.4, 0.5) is 11.6 Å². The van der Waals surface area contributed by atoms with Crippen LogP contribution in [0.3, 0.4) is 0 Å². The quantitative estimate of drug-likeness (QED) is 0.783. The van der Waals surface area contributed by atoms with E-state index in [1.807, 2.05) is 17.7 Å². The second-order valence-electron chi connectivity index (χ2n) is 3.55. The SMILES string of the molecule is CCNc1cncc(NCCn2ccnc2)n1. The molecule has 2 aromatic heterocycles. The second-order valence-corrected chi connectivity index (χ2v) is 3.55. The van der Waals surface area contributed by atoms with E-state index in [-0.39, 0.29) is 0 Å². The van der Waals surface area contributed by atoms with Gasteiger partial charge in [0.1, 0.15) is 11.6 Å². The van der Waals surface area contributed by atoms with Gasteiger partial charge in [0.05, 0.1) is 18.7 Å². The maximum absolute atomic E-state index is 4.37. The van der Waals surface area contributed by atoms with Gasteiger partial charge in [0.25, 0.3) is 0 Å². The summed E-state index contributed by atoms with van der Waals surface area (Å²) in [6.07, 6.45) is 8.93. The van der Waals surface area contributed by atoms with Crippen molar-refractivity contribution in [1.29, 1.82) is 0 Å². The fourth-order valence-electron chi connectivity index (χ4n) is 1.45. The minimum absolute atomic E-state index is 0.781. The summed E-state index contributed by atoms with van der Waals surface area (Å²) in [5.41, 5.74) is 0. The van der Waals surface area contributed by atoms with Crippen molar-refractivity contribution in [1.82, 2.24) is 19.5 Å². The summed E-state index contributed by atoms with van der Waals surface area (Å²) in [5.74, 6) is 1.57. The van der Waals surface area contributed by atoms with Crippen LogP contribution in [0, 0.1) is 0 Å². The van der Waals surface area contributed by atoms with Crippen molar-refractivity contribution in [3.63, 3.8) is 0 Å². The molecule has 2 aromatic rings. The molecule has 0 saturated carbocycles. The Bertz CT molecular complexity index is 439. The first-order valence-corrected chi connectivity index (χ1v) is 5.64. The van der Waals surface area contributed by atoms with Crippen molar-refractivity contribution in [3.8, 4) is 0 Å². The molecule has 2 N–H and O–H groups in total. The van der Waals surface area contributed by atoms with Gasteiger partial charge in [-0.1, -0.05) is 0 Å². The molecule has 0 radical (unpaired) electrons. The van der Waals surface area contributed by atoms with Gasteiger partial charge in [-0.05, 0) is 6.92 Å². The summed E-state index contributed by atoms with van der Waals surface area (Å²) < 4.78 is 2.01. The van der Waals surface area contributed by atoms with E-state index >= 15 is 0 Å². The zero-order valence-corrected chi connectivity index (χ0v) is 9.80. The molecule has 0 saturated heterocycles.